The van der Waals surface area contributed by atoms with Gasteiger partial charge >= 0.3 is 0 Å². The van der Waals surface area contributed by atoms with Gasteiger partial charge in [0.15, 0.2) is 5.13 Å². The number of para-hydroxylation sites is 3. The smallest absolute Gasteiger partial charge is 0.275 e. The number of amides is 1. The van der Waals surface area contributed by atoms with Crippen molar-refractivity contribution in [3.8, 4) is 9.88 Å². The van der Waals surface area contributed by atoms with E-state index in [0.717, 1.165) is 58.1 Å². The third kappa shape index (κ3) is 4.18. The van der Waals surface area contributed by atoms with E-state index in [1.165, 1.54) is 16.0 Å². The van der Waals surface area contributed by atoms with Crippen LogP contribution in [0.5, 0.6) is 0 Å². The highest BCUT2D eigenvalue weighted by atomic mass is 32.1. The molecule has 6 nitrogen and oxygen atoms in total. The molecule has 1 fully saturated rings. The summed E-state index contributed by atoms with van der Waals surface area (Å²) in [7, 11) is 0. The monoisotopic (exact) mass is 503 g/mol. The molecule has 1 aliphatic rings. The molecule has 0 bridgehead atoms. The van der Waals surface area contributed by atoms with Crippen LogP contribution >= 0.6 is 34.0 Å². The first kappa shape index (κ1) is 21.3. The molecule has 1 N–H and O–H groups in total. The summed E-state index contributed by atoms with van der Waals surface area (Å²) < 4.78 is 1.22. The number of aromatic nitrogens is 2. The van der Waals surface area contributed by atoms with Crippen LogP contribution < -0.4 is 15.1 Å². The molecule has 2 aromatic carbocycles. The van der Waals surface area contributed by atoms with Crippen molar-refractivity contribution in [1.29, 1.82) is 0 Å². The van der Waals surface area contributed by atoms with E-state index in [1.807, 2.05) is 47.2 Å². The van der Waals surface area contributed by atoms with Gasteiger partial charge in [-0.2, -0.15) is 0 Å². The lowest BCUT2D eigenvalue weighted by Crippen LogP contribution is -2.46. The van der Waals surface area contributed by atoms with Gasteiger partial charge in [0, 0.05) is 31.6 Å². The Balaban J connectivity index is 1.15. The molecule has 0 aliphatic carbocycles. The summed E-state index contributed by atoms with van der Waals surface area (Å²) in [6, 6.07) is 20.3. The van der Waals surface area contributed by atoms with Gasteiger partial charge < -0.3 is 15.1 Å². The van der Waals surface area contributed by atoms with Gasteiger partial charge in [-0.25, -0.2) is 9.97 Å². The molecular weight excluding hydrogens is 483 g/mol. The fourth-order valence-corrected chi connectivity index (χ4v) is 6.70. The highest BCUT2D eigenvalue weighted by Gasteiger charge is 2.22. The van der Waals surface area contributed by atoms with E-state index < -0.39 is 0 Å². The molecule has 1 aliphatic heterocycles. The van der Waals surface area contributed by atoms with Crippen molar-refractivity contribution in [1.82, 2.24) is 9.97 Å². The molecule has 1 saturated heterocycles. The molecule has 170 valence electrons. The van der Waals surface area contributed by atoms with Crippen LogP contribution in [0.3, 0.4) is 0 Å². The van der Waals surface area contributed by atoms with E-state index in [-0.39, 0.29) is 5.91 Å². The Hall–Kier alpha value is -3.27. The first-order chi connectivity index (χ1) is 16.7. The minimum absolute atomic E-state index is 0.181. The van der Waals surface area contributed by atoms with E-state index >= 15 is 0 Å². The molecule has 0 radical (unpaired) electrons. The van der Waals surface area contributed by atoms with Gasteiger partial charge in [-0.1, -0.05) is 41.7 Å². The van der Waals surface area contributed by atoms with Crippen LogP contribution in [0.1, 0.15) is 10.5 Å². The van der Waals surface area contributed by atoms with Crippen LogP contribution in [0.4, 0.5) is 16.5 Å². The van der Waals surface area contributed by atoms with Gasteiger partial charge in [-0.3, -0.25) is 4.79 Å². The molecule has 5 aromatic rings. The van der Waals surface area contributed by atoms with Crippen molar-refractivity contribution in [2.75, 3.05) is 41.3 Å². The van der Waals surface area contributed by atoms with Crippen molar-refractivity contribution in [3.63, 3.8) is 0 Å². The molecule has 9 heteroatoms. The summed E-state index contributed by atoms with van der Waals surface area (Å²) in [4.78, 5) is 28.1. The Morgan fingerprint density at radius 3 is 2.47 bits per heavy atom. The lowest BCUT2D eigenvalue weighted by Gasteiger charge is -2.36. The first-order valence-electron chi connectivity index (χ1n) is 11.0. The number of nitrogens with zero attached hydrogens (tertiary/aromatic N) is 4. The summed E-state index contributed by atoms with van der Waals surface area (Å²) in [6.07, 6.45) is 0. The zero-order valence-corrected chi connectivity index (χ0v) is 20.6. The third-order valence-corrected chi connectivity index (χ3v) is 8.77. The Morgan fingerprint density at radius 1 is 0.853 bits per heavy atom. The average molecular weight is 504 g/mol. The summed E-state index contributed by atoms with van der Waals surface area (Å²) >= 11 is 4.87. The number of carbonyl (C=O) groups excluding carboxylic acids is 1. The largest absolute Gasteiger partial charge is 0.366 e. The highest BCUT2D eigenvalue weighted by molar-refractivity contribution is 7.22. The Bertz CT molecular complexity index is 1400. The predicted octanol–water partition coefficient (Wildman–Crippen LogP) is 6.06. The topological polar surface area (TPSA) is 61.4 Å². The Kier molecular flexibility index (Phi) is 5.74. The van der Waals surface area contributed by atoms with E-state index in [0.29, 0.717) is 5.69 Å². The number of benzene rings is 2. The molecule has 1 amide bonds. The lowest BCUT2D eigenvalue weighted by molar-refractivity contribution is 0.102. The van der Waals surface area contributed by atoms with Crippen molar-refractivity contribution < 1.29 is 4.79 Å². The number of nitrogens with one attached hydrogen (secondary N) is 1. The second-order valence-electron chi connectivity index (χ2n) is 7.92. The molecule has 4 heterocycles. The zero-order valence-electron chi connectivity index (χ0n) is 18.2. The van der Waals surface area contributed by atoms with E-state index in [1.54, 1.807) is 22.7 Å². The number of carbonyl (C=O) groups is 1. The van der Waals surface area contributed by atoms with Crippen LogP contribution in [0.15, 0.2) is 71.4 Å². The van der Waals surface area contributed by atoms with Gasteiger partial charge in [-0.05, 0) is 35.7 Å². The number of piperazine rings is 1. The predicted molar refractivity (Wildman–Crippen MR) is 144 cm³/mol. The van der Waals surface area contributed by atoms with Gasteiger partial charge in [0.1, 0.15) is 10.7 Å². The fourth-order valence-electron chi connectivity index (χ4n) is 4.07. The van der Waals surface area contributed by atoms with E-state index in [9.17, 15) is 4.79 Å². The maximum absolute atomic E-state index is 13.0. The third-order valence-electron chi connectivity index (χ3n) is 5.79. The highest BCUT2D eigenvalue weighted by Crippen LogP contribution is 2.32. The average Bonchev–Trinajstić information content (AvgIpc) is 3.65. The summed E-state index contributed by atoms with van der Waals surface area (Å²) in [5, 5.41) is 8.88. The minimum atomic E-state index is -0.181. The van der Waals surface area contributed by atoms with Crippen molar-refractivity contribution in [2.45, 2.75) is 0 Å². The normalized spacial score (nSPS) is 14.0. The number of hydrogen-bond donors (Lipinski definition) is 1. The number of rotatable bonds is 5. The number of thiazole rings is 2. The van der Waals surface area contributed by atoms with Gasteiger partial charge in [0.25, 0.3) is 5.91 Å². The lowest BCUT2D eigenvalue weighted by atomic mass is 10.2. The molecule has 0 saturated carbocycles. The van der Waals surface area contributed by atoms with Crippen molar-refractivity contribution in [3.05, 3.63) is 77.1 Å². The second kappa shape index (κ2) is 9.17. The molecule has 0 atom stereocenters. The summed E-state index contributed by atoms with van der Waals surface area (Å²) in [5.74, 6) is -0.181. The van der Waals surface area contributed by atoms with Crippen molar-refractivity contribution in [2.24, 2.45) is 0 Å². The number of thiophene rings is 1. The quantitative estimate of drug-likeness (QED) is 0.316. The maximum Gasteiger partial charge on any atom is 0.275 e. The van der Waals surface area contributed by atoms with Crippen LogP contribution in [0.25, 0.3) is 20.1 Å². The molecule has 3 aromatic heterocycles. The minimum Gasteiger partial charge on any atom is -0.366 e. The fraction of sp³-hybridized carbons (Fsp3) is 0.160. The molecule has 6 rings (SSSR count). The van der Waals surface area contributed by atoms with Crippen LogP contribution in [-0.2, 0) is 0 Å². The number of fused-ring (bicyclic) bond motifs is 1. The second-order valence-corrected chi connectivity index (χ2v) is 10.7. The van der Waals surface area contributed by atoms with Crippen LogP contribution in [0.2, 0.25) is 0 Å². The summed E-state index contributed by atoms with van der Waals surface area (Å²) in [5.41, 5.74) is 3.35. The molecule has 0 unspecified atom stereocenters. The van der Waals surface area contributed by atoms with Gasteiger partial charge in [-0.15, -0.1) is 22.7 Å². The molecule has 0 spiro atoms. The standard InChI is InChI=1S/C25H21N5OS3/c31-23(19-16-33-24(27-19)22-10-5-15-32-22)26-17-6-1-3-8-20(17)29-11-13-30(14-12-29)25-28-18-7-2-4-9-21(18)34-25/h1-10,15-16H,11-14H2,(H,26,31). The molecular formula is C25H21N5OS3. The Morgan fingerprint density at radius 2 is 1.65 bits per heavy atom. The van der Waals surface area contributed by atoms with Gasteiger partial charge in [0.05, 0.1) is 26.5 Å². The van der Waals surface area contributed by atoms with Crippen LogP contribution in [-0.4, -0.2) is 42.1 Å². The maximum atomic E-state index is 13.0. The SMILES string of the molecule is O=C(Nc1ccccc1N1CCN(c2nc3ccccc3s2)CC1)c1csc(-c2cccs2)n1. The summed E-state index contributed by atoms with van der Waals surface area (Å²) in [6.45, 7) is 3.50. The van der Waals surface area contributed by atoms with E-state index in [2.05, 4.69) is 44.4 Å². The number of hydrogen-bond acceptors (Lipinski definition) is 8. The zero-order chi connectivity index (χ0) is 22.9. The van der Waals surface area contributed by atoms with E-state index in [4.69, 9.17) is 4.98 Å². The van der Waals surface area contributed by atoms with Crippen molar-refractivity contribution >= 4 is 66.6 Å². The number of anilines is 3. The van der Waals surface area contributed by atoms with Gasteiger partial charge in [0.2, 0.25) is 0 Å². The van der Waals surface area contributed by atoms with Crippen LogP contribution in [0, 0.1) is 0 Å². The molecule has 34 heavy (non-hydrogen) atoms. The first-order valence-corrected chi connectivity index (χ1v) is 13.6. The Labute approximate surface area is 209 Å².